The summed E-state index contributed by atoms with van der Waals surface area (Å²) in [5, 5.41) is 102. The lowest BCUT2D eigenvalue weighted by atomic mass is 9.96. The number of aliphatic hydroxyl groups is 10. The quantitative estimate of drug-likeness (QED) is 0.0783. The second-order valence-corrected chi connectivity index (χ2v) is 11.0. The van der Waals surface area contributed by atoms with Gasteiger partial charge in [-0.05, 0) is 6.42 Å². The number of aliphatic hydroxyl groups excluding tert-OH is 10. The number of ether oxygens (including phenoxy) is 6. The largest absolute Gasteiger partial charge is 0.394 e. The first-order chi connectivity index (χ1) is 20.0. The van der Waals surface area contributed by atoms with Crippen molar-refractivity contribution >= 4 is 0 Å². The number of rotatable bonds is 15. The van der Waals surface area contributed by atoms with E-state index in [2.05, 4.69) is 6.92 Å². The van der Waals surface area contributed by atoms with Gasteiger partial charge in [-0.2, -0.15) is 0 Å². The maximum Gasteiger partial charge on any atom is 0.187 e. The molecule has 42 heavy (non-hydrogen) atoms. The third kappa shape index (κ3) is 8.75. The Bertz CT molecular complexity index is 760. The van der Waals surface area contributed by atoms with Crippen LogP contribution in [0, 0.1) is 0 Å². The predicted octanol–water partition coefficient (Wildman–Crippen LogP) is -4.19. The number of unbranched alkanes of at least 4 members (excludes halogenated alkanes) is 5. The van der Waals surface area contributed by atoms with Crippen LogP contribution >= 0.6 is 0 Å². The third-order valence-corrected chi connectivity index (χ3v) is 7.83. The van der Waals surface area contributed by atoms with Crippen molar-refractivity contribution in [2.24, 2.45) is 0 Å². The van der Waals surface area contributed by atoms with Crippen molar-refractivity contribution in [1.82, 2.24) is 0 Å². The number of hydrogen-bond donors (Lipinski definition) is 10. The zero-order valence-electron chi connectivity index (χ0n) is 23.7. The molecule has 16 heteroatoms. The van der Waals surface area contributed by atoms with E-state index < -0.39 is 112 Å². The van der Waals surface area contributed by atoms with Gasteiger partial charge in [0, 0.05) is 6.61 Å². The molecule has 0 aromatic carbocycles. The van der Waals surface area contributed by atoms with Gasteiger partial charge >= 0.3 is 0 Å². The van der Waals surface area contributed by atoms with Crippen molar-refractivity contribution < 1.29 is 79.5 Å². The van der Waals surface area contributed by atoms with Crippen LogP contribution in [-0.2, 0) is 28.4 Å². The zero-order valence-corrected chi connectivity index (χ0v) is 23.7. The van der Waals surface area contributed by atoms with E-state index in [4.69, 9.17) is 28.4 Å². The summed E-state index contributed by atoms with van der Waals surface area (Å²) < 4.78 is 33.4. The van der Waals surface area contributed by atoms with Gasteiger partial charge in [-0.1, -0.05) is 39.0 Å². The Morgan fingerprint density at radius 3 is 1.60 bits per heavy atom. The molecule has 0 bridgehead atoms. The molecule has 16 nitrogen and oxygen atoms in total. The van der Waals surface area contributed by atoms with Crippen LogP contribution in [0.25, 0.3) is 0 Å². The molecular formula is C26H48O16. The summed E-state index contributed by atoms with van der Waals surface area (Å²) in [6.45, 7) is 0.394. The summed E-state index contributed by atoms with van der Waals surface area (Å²) in [7, 11) is 0. The van der Waals surface area contributed by atoms with Crippen molar-refractivity contribution in [3.05, 3.63) is 0 Å². The highest BCUT2D eigenvalue weighted by Crippen LogP contribution is 2.31. The van der Waals surface area contributed by atoms with E-state index in [0.29, 0.717) is 6.42 Å². The van der Waals surface area contributed by atoms with Crippen LogP contribution in [0.4, 0.5) is 0 Å². The minimum atomic E-state index is -1.81. The van der Waals surface area contributed by atoms with Gasteiger partial charge in [0.05, 0.1) is 19.8 Å². The summed E-state index contributed by atoms with van der Waals surface area (Å²) in [5.41, 5.74) is 0. The number of hydrogen-bond acceptors (Lipinski definition) is 16. The van der Waals surface area contributed by atoms with Crippen LogP contribution in [0.2, 0.25) is 0 Å². The molecule has 0 radical (unpaired) electrons. The first kappa shape index (κ1) is 35.8. The monoisotopic (exact) mass is 616 g/mol. The Morgan fingerprint density at radius 2 is 1.00 bits per heavy atom. The molecule has 0 aromatic rings. The van der Waals surface area contributed by atoms with Crippen molar-refractivity contribution in [2.45, 2.75) is 138 Å². The van der Waals surface area contributed by atoms with E-state index in [1.165, 1.54) is 0 Å². The van der Waals surface area contributed by atoms with Crippen LogP contribution in [0.1, 0.15) is 45.4 Å². The second-order valence-electron chi connectivity index (χ2n) is 11.0. The van der Waals surface area contributed by atoms with Crippen molar-refractivity contribution in [3.63, 3.8) is 0 Å². The maximum atomic E-state index is 11.1. The Kier molecular flexibility index (Phi) is 14.6. The summed E-state index contributed by atoms with van der Waals surface area (Å²) in [5.74, 6) is 0. The zero-order chi connectivity index (χ0) is 31.0. The Labute approximate surface area is 243 Å². The SMILES string of the molecule is CCCCCCCCOC1O[C@H](COC2O[C@H](CO)[C@@H](O)[C@H](O)[C@@H]2O)[C@@H](O)[C@H](OC2O[C@H](CO)[C@@H](O)[C@H](O)[C@@H]2O)[C@@H]1O. The summed E-state index contributed by atoms with van der Waals surface area (Å²) in [4.78, 5) is 0. The van der Waals surface area contributed by atoms with Crippen molar-refractivity contribution in [3.8, 4) is 0 Å². The van der Waals surface area contributed by atoms with E-state index in [1.807, 2.05) is 0 Å². The second kappa shape index (κ2) is 17.2. The molecule has 3 rings (SSSR count). The first-order valence-corrected chi connectivity index (χ1v) is 14.6. The summed E-state index contributed by atoms with van der Waals surface area (Å²) in [6, 6.07) is 0. The van der Waals surface area contributed by atoms with Crippen LogP contribution in [0.15, 0.2) is 0 Å². The van der Waals surface area contributed by atoms with E-state index in [-0.39, 0.29) is 6.61 Å². The lowest BCUT2D eigenvalue weighted by Crippen LogP contribution is -2.65. The van der Waals surface area contributed by atoms with Crippen LogP contribution in [0.5, 0.6) is 0 Å². The van der Waals surface area contributed by atoms with Gasteiger partial charge in [-0.3, -0.25) is 0 Å². The predicted molar refractivity (Wildman–Crippen MR) is 138 cm³/mol. The molecule has 3 aliphatic heterocycles. The first-order valence-electron chi connectivity index (χ1n) is 14.6. The minimum Gasteiger partial charge on any atom is -0.394 e. The van der Waals surface area contributed by atoms with E-state index in [0.717, 1.165) is 32.1 Å². The van der Waals surface area contributed by atoms with Crippen LogP contribution in [-0.4, -0.2) is 170 Å². The summed E-state index contributed by atoms with van der Waals surface area (Å²) in [6.07, 6.45) is -17.7. The van der Waals surface area contributed by atoms with Gasteiger partial charge in [0.1, 0.15) is 73.2 Å². The van der Waals surface area contributed by atoms with E-state index in [9.17, 15) is 51.1 Å². The van der Waals surface area contributed by atoms with E-state index >= 15 is 0 Å². The molecule has 3 fully saturated rings. The fourth-order valence-corrected chi connectivity index (χ4v) is 5.15. The fraction of sp³-hybridized carbons (Fsp3) is 1.00. The van der Waals surface area contributed by atoms with Gasteiger partial charge in [0.15, 0.2) is 18.9 Å². The van der Waals surface area contributed by atoms with Crippen molar-refractivity contribution in [1.29, 1.82) is 0 Å². The molecule has 15 atom stereocenters. The highest BCUT2D eigenvalue weighted by atomic mass is 16.7. The molecule has 0 aliphatic carbocycles. The normalized spacial score (nSPS) is 44.8. The maximum absolute atomic E-state index is 11.1. The molecule has 3 unspecified atom stereocenters. The smallest absolute Gasteiger partial charge is 0.187 e. The summed E-state index contributed by atoms with van der Waals surface area (Å²) >= 11 is 0. The molecule has 0 saturated carbocycles. The lowest BCUT2D eigenvalue weighted by molar-refractivity contribution is -0.366. The lowest BCUT2D eigenvalue weighted by Gasteiger charge is -2.46. The van der Waals surface area contributed by atoms with E-state index in [1.54, 1.807) is 0 Å². The molecule has 3 saturated heterocycles. The van der Waals surface area contributed by atoms with Crippen molar-refractivity contribution in [2.75, 3.05) is 26.4 Å². The van der Waals surface area contributed by atoms with Crippen LogP contribution < -0.4 is 0 Å². The Balaban J connectivity index is 1.69. The highest BCUT2D eigenvalue weighted by molar-refractivity contribution is 4.95. The van der Waals surface area contributed by atoms with Gasteiger partial charge in [0.25, 0.3) is 0 Å². The van der Waals surface area contributed by atoms with Gasteiger partial charge in [-0.25, -0.2) is 0 Å². The molecule has 248 valence electrons. The molecular weight excluding hydrogens is 568 g/mol. The molecule has 0 amide bonds. The molecule has 3 heterocycles. The Morgan fingerprint density at radius 1 is 0.500 bits per heavy atom. The van der Waals surface area contributed by atoms with Crippen LogP contribution in [0.3, 0.4) is 0 Å². The standard InChI is InChI=1S/C26H48O16/c1-2-3-4-5-6-7-8-37-25-22(36)23(42-26-21(35)19(33)16(30)13(10-28)40-26)17(31)14(41-25)11-38-24-20(34)18(32)15(29)12(9-27)39-24/h12-36H,2-11H2,1H3/t12-,13-,14-,15-,16-,17-,18+,19+,20+,21+,22+,23+,24?,25?,26?/m1/s1. The molecule has 10 N–H and O–H groups in total. The van der Waals surface area contributed by atoms with Gasteiger partial charge in [0.2, 0.25) is 0 Å². The minimum absolute atomic E-state index is 0.191. The van der Waals surface area contributed by atoms with Gasteiger partial charge < -0.3 is 79.5 Å². The highest BCUT2D eigenvalue weighted by Gasteiger charge is 2.52. The average molecular weight is 617 g/mol. The molecule has 0 aromatic heterocycles. The molecule has 3 aliphatic rings. The fourth-order valence-electron chi connectivity index (χ4n) is 5.15. The third-order valence-electron chi connectivity index (χ3n) is 7.83. The average Bonchev–Trinajstić information content (AvgIpc) is 2.98. The molecule has 0 spiro atoms. The van der Waals surface area contributed by atoms with Gasteiger partial charge in [-0.15, -0.1) is 0 Å². The topological polar surface area (TPSA) is 258 Å². The Hall–Kier alpha value is -0.640.